The van der Waals surface area contributed by atoms with Crippen LogP contribution in [0.15, 0.2) is 0 Å². The van der Waals surface area contributed by atoms with E-state index < -0.39 is 0 Å². The Morgan fingerprint density at radius 1 is 1.40 bits per heavy atom. The lowest BCUT2D eigenvalue weighted by Gasteiger charge is -2.27. The van der Waals surface area contributed by atoms with Crippen LogP contribution in [-0.2, 0) is 9.59 Å². The van der Waals surface area contributed by atoms with Crippen molar-refractivity contribution in [1.82, 2.24) is 9.80 Å². The highest BCUT2D eigenvalue weighted by Gasteiger charge is 2.16. The third-order valence-corrected chi connectivity index (χ3v) is 2.64. The third-order valence-electron chi connectivity index (χ3n) is 2.64. The number of amides is 2. The fourth-order valence-corrected chi connectivity index (χ4v) is 1.42. The average Bonchev–Trinajstić information content (AvgIpc) is 2.26. The standard InChI is InChI=1S/C11H22N2O2/c1-5-10(3)13(6-2)11(15)7-8-12(4)9-14/h9-10H,5-8H2,1-4H3. The van der Waals surface area contributed by atoms with Gasteiger partial charge in [0.25, 0.3) is 0 Å². The van der Waals surface area contributed by atoms with E-state index in [9.17, 15) is 9.59 Å². The molecule has 15 heavy (non-hydrogen) atoms. The lowest BCUT2D eigenvalue weighted by molar-refractivity contribution is -0.133. The first-order valence-electron chi connectivity index (χ1n) is 5.51. The van der Waals surface area contributed by atoms with Crippen molar-refractivity contribution in [2.75, 3.05) is 20.1 Å². The van der Waals surface area contributed by atoms with Gasteiger partial charge in [-0.05, 0) is 20.3 Å². The van der Waals surface area contributed by atoms with Gasteiger partial charge >= 0.3 is 0 Å². The van der Waals surface area contributed by atoms with Crippen LogP contribution in [0.1, 0.15) is 33.6 Å². The summed E-state index contributed by atoms with van der Waals surface area (Å²) in [7, 11) is 1.68. The van der Waals surface area contributed by atoms with Crippen molar-refractivity contribution >= 4 is 12.3 Å². The third kappa shape index (κ3) is 4.81. The van der Waals surface area contributed by atoms with E-state index in [0.29, 0.717) is 13.0 Å². The molecule has 88 valence electrons. The van der Waals surface area contributed by atoms with Gasteiger partial charge in [-0.2, -0.15) is 0 Å². The molecule has 0 aromatic heterocycles. The van der Waals surface area contributed by atoms with Crippen LogP contribution in [0.3, 0.4) is 0 Å². The lowest BCUT2D eigenvalue weighted by atomic mass is 10.2. The number of rotatable bonds is 7. The summed E-state index contributed by atoms with van der Waals surface area (Å²) in [5.41, 5.74) is 0. The normalized spacial score (nSPS) is 12.0. The summed E-state index contributed by atoms with van der Waals surface area (Å²) in [6.45, 7) is 7.32. The van der Waals surface area contributed by atoms with Crippen LogP contribution >= 0.6 is 0 Å². The molecule has 0 radical (unpaired) electrons. The van der Waals surface area contributed by atoms with Crippen molar-refractivity contribution in [3.8, 4) is 0 Å². The molecule has 0 aliphatic carbocycles. The van der Waals surface area contributed by atoms with Crippen LogP contribution in [0.25, 0.3) is 0 Å². The highest BCUT2D eigenvalue weighted by atomic mass is 16.2. The van der Waals surface area contributed by atoms with E-state index in [1.54, 1.807) is 7.05 Å². The van der Waals surface area contributed by atoms with Crippen LogP contribution in [0, 0.1) is 0 Å². The van der Waals surface area contributed by atoms with Gasteiger partial charge in [-0.1, -0.05) is 6.92 Å². The Balaban J connectivity index is 4.10. The SMILES string of the molecule is CCC(C)N(CC)C(=O)CCN(C)C=O. The molecule has 0 N–H and O–H groups in total. The highest BCUT2D eigenvalue weighted by molar-refractivity contribution is 5.76. The van der Waals surface area contributed by atoms with Crippen LogP contribution in [0.2, 0.25) is 0 Å². The molecule has 0 heterocycles. The second-order valence-corrected chi connectivity index (χ2v) is 3.77. The summed E-state index contributed by atoms with van der Waals surface area (Å²) in [6, 6.07) is 0.282. The first-order valence-corrected chi connectivity index (χ1v) is 5.51. The minimum Gasteiger partial charge on any atom is -0.348 e. The molecule has 2 amide bonds. The zero-order valence-corrected chi connectivity index (χ0v) is 10.2. The smallest absolute Gasteiger partial charge is 0.224 e. The molecular formula is C11H22N2O2. The van der Waals surface area contributed by atoms with Gasteiger partial charge in [0, 0.05) is 32.6 Å². The van der Waals surface area contributed by atoms with Crippen LogP contribution < -0.4 is 0 Å². The molecule has 0 aromatic carbocycles. The molecule has 1 atom stereocenters. The van der Waals surface area contributed by atoms with Crippen molar-refractivity contribution in [2.45, 2.75) is 39.7 Å². The van der Waals surface area contributed by atoms with E-state index in [-0.39, 0.29) is 11.9 Å². The molecule has 4 nitrogen and oxygen atoms in total. The molecule has 0 bridgehead atoms. The van der Waals surface area contributed by atoms with E-state index >= 15 is 0 Å². The molecule has 0 saturated carbocycles. The quantitative estimate of drug-likeness (QED) is 0.596. The predicted octanol–water partition coefficient (Wildman–Crippen LogP) is 1.11. The zero-order valence-electron chi connectivity index (χ0n) is 10.2. The molecule has 0 fully saturated rings. The first-order chi connectivity index (χ1) is 7.06. The van der Waals surface area contributed by atoms with Crippen LogP contribution in [0.5, 0.6) is 0 Å². The molecule has 0 aliphatic rings. The zero-order chi connectivity index (χ0) is 11.8. The van der Waals surface area contributed by atoms with E-state index in [0.717, 1.165) is 19.4 Å². The van der Waals surface area contributed by atoms with Crippen molar-refractivity contribution in [1.29, 1.82) is 0 Å². The highest BCUT2D eigenvalue weighted by Crippen LogP contribution is 2.05. The fourth-order valence-electron chi connectivity index (χ4n) is 1.42. The summed E-state index contributed by atoms with van der Waals surface area (Å²) in [4.78, 5) is 25.5. The number of nitrogens with zero attached hydrogens (tertiary/aromatic N) is 2. The van der Waals surface area contributed by atoms with Gasteiger partial charge in [0.1, 0.15) is 0 Å². The summed E-state index contributed by atoms with van der Waals surface area (Å²) < 4.78 is 0. The summed E-state index contributed by atoms with van der Waals surface area (Å²) in [5.74, 6) is 0.126. The summed E-state index contributed by atoms with van der Waals surface area (Å²) in [5, 5.41) is 0. The van der Waals surface area contributed by atoms with Gasteiger partial charge in [-0.25, -0.2) is 0 Å². The van der Waals surface area contributed by atoms with E-state index in [2.05, 4.69) is 6.92 Å². The molecule has 1 unspecified atom stereocenters. The largest absolute Gasteiger partial charge is 0.348 e. The Kier molecular flexibility index (Phi) is 6.75. The first kappa shape index (κ1) is 13.9. The second kappa shape index (κ2) is 7.26. The van der Waals surface area contributed by atoms with E-state index in [1.807, 2.05) is 18.7 Å². The van der Waals surface area contributed by atoms with E-state index in [1.165, 1.54) is 4.90 Å². The molecule has 0 aromatic rings. The summed E-state index contributed by atoms with van der Waals surface area (Å²) in [6.07, 6.45) is 2.11. The van der Waals surface area contributed by atoms with Crippen LogP contribution in [0.4, 0.5) is 0 Å². The number of hydrogen-bond donors (Lipinski definition) is 0. The van der Waals surface area contributed by atoms with Gasteiger partial charge in [0.2, 0.25) is 12.3 Å². The molecule has 4 heteroatoms. The predicted molar refractivity (Wildman–Crippen MR) is 60.5 cm³/mol. The topological polar surface area (TPSA) is 40.6 Å². The van der Waals surface area contributed by atoms with Crippen molar-refractivity contribution in [3.63, 3.8) is 0 Å². The van der Waals surface area contributed by atoms with Crippen molar-refractivity contribution in [2.24, 2.45) is 0 Å². The minimum absolute atomic E-state index is 0.126. The maximum absolute atomic E-state index is 11.8. The Bertz CT molecular complexity index is 207. The Morgan fingerprint density at radius 3 is 2.40 bits per heavy atom. The van der Waals surface area contributed by atoms with Crippen molar-refractivity contribution < 1.29 is 9.59 Å². The number of carbonyl (C=O) groups excluding carboxylic acids is 2. The number of hydrogen-bond acceptors (Lipinski definition) is 2. The molecule has 0 aliphatic heterocycles. The fraction of sp³-hybridized carbons (Fsp3) is 0.818. The second-order valence-electron chi connectivity index (χ2n) is 3.77. The minimum atomic E-state index is 0.126. The molecule has 0 saturated heterocycles. The molecule has 0 spiro atoms. The van der Waals surface area contributed by atoms with Gasteiger partial charge < -0.3 is 9.80 Å². The van der Waals surface area contributed by atoms with E-state index in [4.69, 9.17) is 0 Å². The Morgan fingerprint density at radius 2 is 2.00 bits per heavy atom. The maximum Gasteiger partial charge on any atom is 0.224 e. The lowest BCUT2D eigenvalue weighted by Crippen LogP contribution is -2.39. The van der Waals surface area contributed by atoms with Crippen LogP contribution in [-0.4, -0.2) is 48.3 Å². The van der Waals surface area contributed by atoms with Gasteiger partial charge in [0.05, 0.1) is 0 Å². The Labute approximate surface area is 92.2 Å². The van der Waals surface area contributed by atoms with Crippen molar-refractivity contribution in [3.05, 3.63) is 0 Å². The monoisotopic (exact) mass is 214 g/mol. The van der Waals surface area contributed by atoms with Gasteiger partial charge in [-0.3, -0.25) is 9.59 Å². The number of carbonyl (C=O) groups is 2. The van der Waals surface area contributed by atoms with Gasteiger partial charge in [-0.15, -0.1) is 0 Å². The average molecular weight is 214 g/mol. The molecular weight excluding hydrogens is 192 g/mol. The maximum atomic E-state index is 11.8. The Hall–Kier alpha value is -1.06. The molecule has 0 rings (SSSR count). The van der Waals surface area contributed by atoms with Gasteiger partial charge in [0.15, 0.2) is 0 Å². The summed E-state index contributed by atoms with van der Waals surface area (Å²) >= 11 is 0.